The molecule has 4 heteroatoms. The zero-order chi connectivity index (χ0) is 13.0. The van der Waals surface area contributed by atoms with Crippen molar-refractivity contribution in [2.45, 2.75) is 32.9 Å². The minimum absolute atomic E-state index is 0.401. The maximum absolute atomic E-state index is 5.94. The van der Waals surface area contributed by atoms with E-state index in [-0.39, 0.29) is 0 Å². The van der Waals surface area contributed by atoms with E-state index in [0.29, 0.717) is 6.10 Å². The van der Waals surface area contributed by atoms with Crippen LogP contribution in [0.15, 0.2) is 0 Å². The fraction of sp³-hybridized carbons (Fsp3) is 1.00. The maximum atomic E-state index is 5.94. The third-order valence-corrected chi connectivity index (χ3v) is 3.97. The van der Waals surface area contributed by atoms with Gasteiger partial charge in [-0.3, -0.25) is 9.80 Å². The number of hydrogen-bond donors (Lipinski definition) is 1. The summed E-state index contributed by atoms with van der Waals surface area (Å²) in [6, 6.07) is 0.735. The summed E-state index contributed by atoms with van der Waals surface area (Å²) in [5.74, 6) is 0.752. The third-order valence-electron chi connectivity index (χ3n) is 3.97. The van der Waals surface area contributed by atoms with Crippen LogP contribution in [0.5, 0.6) is 0 Å². The van der Waals surface area contributed by atoms with Crippen LogP contribution in [-0.2, 0) is 4.74 Å². The van der Waals surface area contributed by atoms with E-state index in [0.717, 1.165) is 57.8 Å². The van der Waals surface area contributed by atoms with Gasteiger partial charge in [0.05, 0.1) is 12.7 Å². The van der Waals surface area contributed by atoms with Crippen LogP contribution in [0.4, 0.5) is 0 Å². The molecular weight excluding hydrogens is 226 g/mol. The highest BCUT2D eigenvalue weighted by atomic mass is 16.5. The molecule has 0 aromatic carbocycles. The normalized spacial score (nSPS) is 26.8. The zero-order valence-corrected chi connectivity index (χ0v) is 12.2. The van der Waals surface area contributed by atoms with Crippen LogP contribution < -0.4 is 5.32 Å². The molecule has 0 spiro atoms. The van der Waals surface area contributed by atoms with Gasteiger partial charge >= 0.3 is 0 Å². The predicted octanol–water partition coefficient (Wildman–Crippen LogP) is 0.637. The van der Waals surface area contributed by atoms with Gasteiger partial charge in [0.15, 0.2) is 0 Å². The molecule has 1 atom stereocenters. The van der Waals surface area contributed by atoms with Gasteiger partial charge in [-0.05, 0) is 12.5 Å². The standard InChI is InChI=1S/C14H29N3O/c1-4-17(13-7-15-8-13)11-14-10-16(5-6-18-14)9-12(2)3/h12-15H,4-11H2,1-3H3. The van der Waals surface area contributed by atoms with E-state index < -0.39 is 0 Å². The third kappa shape index (κ3) is 3.92. The number of nitrogens with zero attached hydrogens (tertiary/aromatic N) is 2. The number of ether oxygens (including phenoxy) is 1. The summed E-state index contributed by atoms with van der Waals surface area (Å²) >= 11 is 0. The molecule has 2 heterocycles. The minimum Gasteiger partial charge on any atom is -0.374 e. The van der Waals surface area contributed by atoms with Crippen molar-refractivity contribution in [1.82, 2.24) is 15.1 Å². The summed E-state index contributed by atoms with van der Waals surface area (Å²) < 4.78 is 5.94. The molecule has 0 radical (unpaired) electrons. The Morgan fingerprint density at radius 3 is 2.72 bits per heavy atom. The highest BCUT2D eigenvalue weighted by molar-refractivity contribution is 4.86. The summed E-state index contributed by atoms with van der Waals surface area (Å²) in [5, 5.41) is 3.36. The predicted molar refractivity (Wildman–Crippen MR) is 74.9 cm³/mol. The lowest BCUT2D eigenvalue weighted by Gasteiger charge is -2.41. The minimum atomic E-state index is 0.401. The van der Waals surface area contributed by atoms with Crippen molar-refractivity contribution in [3.8, 4) is 0 Å². The zero-order valence-electron chi connectivity index (χ0n) is 12.2. The molecule has 0 aromatic heterocycles. The molecule has 4 nitrogen and oxygen atoms in total. The van der Waals surface area contributed by atoms with Crippen molar-refractivity contribution in [1.29, 1.82) is 0 Å². The van der Waals surface area contributed by atoms with Crippen LogP contribution in [0.1, 0.15) is 20.8 Å². The van der Waals surface area contributed by atoms with Crippen molar-refractivity contribution in [3.05, 3.63) is 0 Å². The molecule has 0 aromatic rings. The van der Waals surface area contributed by atoms with Gasteiger partial charge in [0.2, 0.25) is 0 Å². The van der Waals surface area contributed by atoms with Gasteiger partial charge in [-0.2, -0.15) is 0 Å². The van der Waals surface area contributed by atoms with Crippen LogP contribution in [0.3, 0.4) is 0 Å². The second-order valence-electron chi connectivity index (χ2n) is 6.05. The van der Waals surface area contributed by atoms with Crippen LogP contribution in [-0.4, -0.2) is 74.4 Å². The second-order valence-corrected chi connectivity index (χ2v) is 6.05. The van der Waals surface area contributed by atoms with Gasteiger partial charge < -0.3 is 10.1 Å². The second kappa shape index (κ2) is 6.85. The Hall–Kier alpha value is -0.160. The molecule has 0 amide bonds. The molecule has 2 rings (SSSR count). The van der Waals surface area contributed by atoms with Crippen LogP contribution in [0.2, 0.25) is 0 Å². The SMILES string of the molecule is CCN(CC1CN(CC(C)C)CCO1)C1CNC1. The van der Waals surface area contributed by atoms with E-state index in [1.54, 1.807) is 0 Å². The monoisotopic (exact) mass is 255 g/mol. The number of morpholine rings is 1. The van der Waals surface area contributed by atoms with E-state index in [1.807, 2.05) is 0 Å². The Labute approximate surface area is 112 Å². The highest BCUT2D eigenvalue weighted by Gasteiger charge is 2.28. The smallest absolute Gasteiger partial charge is 0.0829 e. The lowest BCUT2D eigenvalue weighted by Crippen LogP contribution is -2.60. The fourth-order valence-electron chi connectivity index (χ4n) is 2.90. The van der Waals surface area contributed by atoms with E-state index in [1.165, 1.54) is 6.54 Å². The Bertz CT molecular complexity index is 243. The number of likely N-dealkylation sites (N-methyl/N-ethyl adjacent to an activating group) is 1. The number of rotatable bonds is 6. The van der Waals surface area contributed by atoms with Crippen molar-refractivity contribution in [3.63, 3.8) is 0 Å². The molecule has 1 unspecified atom stereocenters. The lowest BCUT2D eigenvalue weighted by molar-refractivity contribution is -0.0532. The molecule has 2 aliphatic rings. The van der Waals surface area contributed by atoms with Gasteiger partial charge in [-0.15, -0.1) is 0 Å². The van der Waals surface area contributed by atoms with Crippen molar-refractivity contribution >= 4 is 0 Å². The highest BCUT2D eigenvalue weighted by Crippen LogP contribution is 2.12. The first-order valence-electron chi connectivity index (χ1n) is 7.47. The first-order valence-corrected chi connectivity index (χ1v) is 7.47. The Morgan fingerprint density at radius 1 is 1.39 bits per heavy atom. The average molecular weight is 255 g/mol. The van der Waals surface area contributed by atoms with E-state index in [2.05, 4.69) is 35.9 Å². The summed E-state index contributed by atoms with van der Waals surface area (Å²) in [5.41, 5.74) is 0. The van der Waals surface area contributed by atoms with Crippen molar-refractivity contribution in [2.75, 3.05) is 52.4 Å². The topological polar surface area (TPSA) is 27.7 Å². The summed E-state index contributed by atoms with van der Waals surface area (Å²) in [6.45, 7) is 15.7. The quantitative estimate of drug-likeness (QED) is 0.754. The summed E-state index contributed by atoms with van der Waals surface area (Å²) in [6.07, 6.45) is 0.401. The largest absolute Gasteiger partial charge is 0.374 e. The molecule has 2 aliphatic heterocycles. The van der Waals surface area contributed by atoms with Gasteiger partial charge in [-0.1, -0.05) is 20.8 Å². The first-order chi connectivity index (χ1) is 8.69. The number of hydrogen-bond acceptors (Lipinski definition) is 4. The Balaban J connectivity index is 1.77. The molecular formula is C14H29N3O. The van der Waals surface area contributed by atoms with Crippen LogP contribution in [0.25, 0.3) is 0 Å². The molecule has 0 aliphatic carbocycles. The van der Waals surface area contributed by atoms with Crippen molar-refractivity contribution in [2.24, 2.45) is 5.92 Å². The molecule has 0 bridgehead atoms. The number of nitrogens with one attached hydrogen (secondary N) is 1. The van der Waals surface area contributed by atoms with Crippen LogP contribution >= 0.6 is 0 Å². The van der Waals surface area contributed by atoms with Gasteiger partial charge in [0, 0.05) is 45.3 Å². The van der Waals surface area contributed by atoms with E-state index >= 15 is 0 Å². The van der Waals surface area contributed by atoms with Crippen LogP contribution in [0, 0.1) is 5.92 Å². The van der Waals surface area contributed by atoms with Gasteiger partial charge in [-0.25, -0.2) is 0 Å². The van der Waals surface area contributed by atoms with E-state index in [4.69, 9.17) is 4.74 Å². The molecule has 2 saturated heterocycles. The summed E-state index contributed by atoms with van der Waals surface area (Å²) in [4.78, 5) is 5.13. The Morgan fingerprint density at radius 2 is 2.17 bits per heavy atom. The van der Waals surface area contributed by atoms with Gasteiger partial charge in [0.25, 0.3) is 0 Å². The van der Waals surface area contributed by atoms with Gasteiger partial charge in [0.1, 0.15) is 0 Å². The molecule has 1 N–H and O–H groups in total. The maximum Gasteiger partial charge on any atom is 0.0829 e. The first kappa shape index (κ1) is 14.3. The molecule has 18 heavy (non-hydrogen) atoms. The molecule has 106 valence electrons. The molecule has 0 saturated carbocycles. The van der Waals surface area contributed by atoms with Crippen molar-refractivity contribution < 1.29 is 4.74 Å². The lowest BCUT2D eigenvalue weighted by atomic mass is 10.1. The average Bonchev–Trinajstić information content (AvgIpc) is 2.25. The summed E-state index contributed by atoms with van der Waals surface area (Å²) in [7, 11) is 0. The van der Waals surface area contributed by atoms with E-state index in [9.17, 15) is 0 Å². The molecule has 2 fully saturated rings. The fourth-order valence-corrected chi connectivity index (χ4v) is 2.90. The Kier molecular flexibility index (Phi) is 5.42.